The number of benzene rings is 4. The van der Waals surface area contributed by atoms with Gasteiger partial charge in [-0.3, -0.25) is 4.79 Å². The van der Waals surface area contributed by atoms with E-state index in [9.17, 15) is 4.79 Å². The molecule has 6 rings (SSSR count). The summed E-state index contributed by atoms with van der Waals surface area (Å²) in [7, 11) is 0. The SMILES string of the molecule is O=C1C[C@@H](c2ccccc2OCc2ccccc2)CC2=C1[C@H](c1ccccc1)Nc1ccccc1N2. The summed E-state index contributed by atoms with van der Waals surface area (Å²) in [5, 5.41) is 7.27. The number of carbonyl (C=O) groups is 1. The fourth-order valence-electron chi connectivity index (χ4n) is 5.29. The van der Waals surface area contributed by atoms with Gasteiger partial charge in [0.1, 0.15) is 12.4 Å². The lowest BCUT2D eigenvalue weighted by Crippen LogP contribution is -2.27. The highest BCUT2D eigenvalue weighted by atomic mass is 16.5. The maximum atomic E-state index is 13.8. The first kappa shape index (κ1) is 22.2. The number of Topliss-reactive ketones (excluding diaryl/α,β-unsaturated/α-hetero) is 1. The van der Waals surface area contributed by atoms with Crippen molar-refractivity contribution >= 4 is 17.2 Å². The van der Waals surface area contributed by atoms with E-state index in [1.807, 2.05) is 66.7 Å². The number of hydrogen-bond acceptors (Lipinski definition) is 4. The Morgan fingerprint density at radius 2 is 1.39 bits per heavy atom. The van der Waals surface area contributed by atoms with Crippen LogP contribution in [0.4, 0.5) is 11.4 Å². The predicted molar refractivity (Wildman–Crippen MR) is 144 cm³/mol. The molecule has 1 aliphatic heterocycles. The molecule has 2 atom stereocenters. The first-order chi connectivity index (χ1) is 17.8. The van der Waals surface area contributed by atoms with Crippen molar-refractivity contribution in [3.63, 3.8) is 0 Å². The van der Waals surface area contributed by atoms with E-state index in [1.54, 1.807) is 0 Å². The van der Waals surface area contributed by atoms with Gasteiger partial charge in [0, 0.05) is 23.6 Å². The van der Waals surface area contributed by atoms with Gasteiger partial charge in [0.05, 0.1) is 17.4 Å². The number of para-hydroxylation sites is 3. The molecular weight excluding hydrogens is 444 g/mol. The van der Waals surface area contributed by atoms with Gasteiger partial charge in [-0.1, -0.05) is 91.0 Å². The van der Waals surface area contributed by atoms with Crippen molar-refractivity contribution in [2.24, 2.45) is 0 Å². The van der Waals surface area contributed by atoms with E-state index >= 15 is 0 Å². The molecule has 4 nitrogen and oxygen atoms in total. The van der Waals surface area contributed by atoms with Crippen molar-refractivity contribution in [2.75, 3.05) is 10.6 Å². The minimum atomic E-state index is -0.199. The molecule has 0 saturated heterocycles. The largest absolute Gasteiger partial charge is 0.489 e. The Morgan fingerprint density at radius 3 is 2.19 bits per heavy atom. The summed E-state index contributed by atoms with van der Waals surface area (Å²) in [6, 6.07) is 36.5. The molecule has 36 heavy (non-hydrogen) atoms. The van der Waals surface area contributed by atoms with Crippen LogP contribution in [-0.2, 0) is 11.4 Å². The van der Waals surface area contributed by atoms with Crippen molar-refractivity contribution in [1.82, 2.24) is 0 Å². The van der Waals surface area contributed by atoms with E-state index in [4.69, 9.17) is 4.74 Å². The number of ketones is 1. The Bertz CT molecular complexity index is 1410. The number of hydrogen-bond donors (Lipinski definition) is 2. The van der Waals surface area contributed by atoms with Gasteiger partial charge in [-0.05, 0) is 41.3 Å². The Kier molecular flexibility index (Phi) is 6.00. The topological polar surface area (TPSA) is 50.4 Å². The number of ether oxygens (including phenoxy) is 1. The van der Waals surface area contributed by atoms with Gasteiger partial charge in [0.2, 0.25) is 0 Å². The van der Waals surface area contributed by atoms with Crippen LogP contribution in [0.5, 0.6) is 5.75 Å². The minimum absolute atomic E-state index is 0.0393. The van der Waals surface area contributed by atoms with E-state index in [0.717, 1.165) is 51.5 Å². The van der Waals surface area contributed by atoms with Gasteiger partial charge in [-0.2, -0.15) is 0 Å². The molecule has 1 heterocycles. The number of anilines is 2. The van der Waals surface area contributed by atoms with Crippen LogP contribution < -0.4 is 15.4 Å². The smallest absolute Gasteiger partial charge is 0.163 e. The van der Waals surface area contributed by atoms with Gasteiger partial charge in [-0.15, -0.1) is 0 Å². The molecule has 0 aromatic heterocycles. The zero-order chi connectivity index (χ0) is 24.3. The number of allylic oxidation sites excluding steroid dienone is 1. The van der Waals surface area contributed by atoms with E-state index in [0.29, 0.717) is 13.0 Å². The zero-order valence-corrected chi connectivity index (χ0v) is 20.0. The van der Waals surface area contributed by atoms with Gasteiger partial charge >= 0.3 is 0 Å². The molecule has 2 aliphatic rings. The zero-order valence-electron chi connectivity index (χ0n) is 20.0. The monoisotopic (exact) mass is 472 g/mol. The van der Waals surface area contributed by atoms with Crippen LogP contribution in [0.1, 0.15) is 41.5 Å². The summed E-state index contributed by atoms with van der Waals surface area (Å²) in [5.41, 5.74) is 7.09. The van der Waals surface area contributed by atoms with Crippen LogP contribution in [0.25, 0.3) is 0 Å². The number of nitrogens with one attached hydrogen (secondary N) is 2. The van der Waals surface area contributed by atoms with Gasteiger partial charge in [0.25, 0.3) is 0 Å². The van der Waals surface area contributed by atoms with Gasteiger partial charge < -0.3 is 15.4 Å². The normalized spacial score (nSPS) is 18.8. The highest BCUT2D eigenvalue weighted by Crippen LogP contribution is 2.45. The molecule has 1 aliphatic carbocycles. The molecule has 0 fully saturated rings. The van der Waals surface area contributed by atoms with Crippen molar-refractivity contribution < 1.29 is 9.53 Å². The van der Waals surface area contributed by atoms with E-state index < -0.39 is 0 Å². The average Bonchev–Trinajstić information content (AvgIpc) is 3.10. The molecule has 178 valence electrons. The second-order valence-electron chi connectivity index (χ2n) is 9.39. The standard InChI is InChI=1S/C32H28N2O2/c35-29-20-24(25-15-7-10-18-30(25)36-21-22-11-3-1-4-12-22)19-28-31(29)32(23-13-5-2-6-14-23)34-27-17-9-8-16-26(27)33-28/h1-18,24,32-34H,19-21H2/t24-,32-/m0/s1. The highest BCUT2D eigenvalue weighted by Gasteiger charge is 2.36. The Morgan fingerprint density at radius 1 is 0.722 bits per heavy atom. The molecule has 0 radical (unpaired) electrons. The van der Waals surface area contributed by atoms with E-state index in [1.165, 1.54) is 0 Å². The average molecular weight is 473 g/mol. The fraction of sp³-hybridized carbons (Fsp3) is 0.156. The molecule has 4 heteroatoms. The highest BCUT2D eigenvalue weighted by molar-refractivity contribution is 6.01. The molecule has 2 N–H and O–H groups in total. The van der Waals surface area contributed by atoms with Crippen molar-refractivity contribution in [2.45, 2.75) is 31.4 Å². The number of carbonyl (C=O) groups excluding carboxylic acids is 1. The summed E-state index contributed by atoms with van der Waals surface area (Å²) in [4.78, 5) is 13.8. The lowest BCUT2D eigenvalue weighted by molar-refractivity contribution is -0.116. The number of fused-ring (bicyclic) bond motifs is 1. The first-order valence-electron chi connectivity index (χ1n) is 12.5. The van der Waals surface area contributed by atoms with Crippen molar-refractivity contribution in [3.05, 3.63) is 137 Å². The Balaban J connectivity index is 1.35. The quantitative estimate of drug-likeness (QED) is 0.321. The molecule has 0 amide bonds. The summed E-state index contributed by atoms with van der Waals surface area (Å²) in [5.74, 6) is 1.05. The third kappa shape index (κ3) is 4.38. The second-order valence-corrected chi connectivity index (χ2v) is 9.39. The third-order valence-electron chi connectivity index (χ3n) is 7.04. The minimum Gasteiger partial charge on any atom is -0.489 e. The lowest BCUT2D eigenvalue weighted by Gasteiger charge is -2.30. The summed E-state index contributed by atoms with van der Waals surface area (Å²) < 4.78 is 6.26. The summed E-state index contributed by atoms with van der Waals surface area (Å²) in [6.45, 7) is 0.498. The van der Waals surface area contributed by atoms with Crippen LogP contribution in [0, 0.1) is 0 Å². The van der Waals surface area contributed by atoms with E-state index in [-0.39, 0.29) is 17.7 Å². The summed E-state index contributed by atoms with van der Waals surface area (Å²) in [6.07, 6.45) is 1.19. The van der Waals surface area contributed by atoms with Gasteiger partial charge in [-0.25, -0.2) is 0 Å². The fourth-order valence-corrected chi connectivity index (χ4v) is 5.29. The second kappa shape index (κ2) is 9.74. The van der Waals surface area contributed by atoms with Crippen LogP contribution >= 0.6 is 0 Å². The van der Waals surface area contributed by atoms with E-state index in [2.05, 4.69) is 53.1 Å². The molecule has 0 spiro atoms. The van der Waals surface area contributed by atoms with Crippen molar-refractivity contribution in [3.8, 4) is 5.75 Å². The lowest BCUT2D eigenvalue weighted by atomic mass is 9.78. The van der Waals surface area contributed by atoms with Gasteiger partial charge in [0.15, 0.2) is 5.78 Å². The van der Waals surface area contributed by atoms with Crippen molar-refractivity contribution in [1.29, 1.82) is 0 Å². The molecule has 4 aromatic carbocycles. The molecular formula is C32H28N2O2. The summed E-state index contributed by atoms with van der Waals surface area (Å²) >= 11 is 0. The molecule has 0 saturated carbocycles. The number of rotatable bonds is 5. The van der Waals surface area contributed by atoms with Crippen LogP contribution in [-0.4, -0.2) is 5.78 Å². The molecule has 4 aromatic rings. The first-order valence-corrected chi connectivity index (χ1v) is 12.5. The Hall–Kier alpha value is -4.31. The van der Waals surface area contributed by atoms with Crippen LogP contribution in [0.15, 0.2) is 120 Å². The molecule has 0 unspecified atom stereocenters. The van der Waals surface area contributed by atoms with Crippen LogP contribution in [0.3, 0.4) is 0 Å². The maximum Gasteiger partial charge on any atom is 0.163 e. The van der Waals surface area contributed by atoms with Crippen LogP contribution in [0.2, 0.25) is 0 Å². The Labute approximate surface area is 211 Å². The maximum absolute atomic E-state index is 13.8. The molecule has 0 bridgehead atoms. The predicted octanol–water partition coefficient (Wildman–Crippen LogP) is 7.25. The third-order valence-corrected chi connectivity index (χ3v) is 7.04.